The number of rotatable bonds is 7. The lowest BCUT2D eigenvalue weighted by Crippen LogP contribution is -2.44. The number of thiophene rings is 1. The molecule has 0 atom stereocenters. The van der Waals surface area contributed by atoms with Gasteiger partial charge in [0, 0.05) is 34.3 Å². The van der Waals surface area contributed by atoms with Crippen molar-refractivity contribution in [1.29, 1.82) is 0 Å². The first-order valence-electron chi connectivity index (χ1n) is 13.2. The second-order valence-electron chi connectivity index (χ2n) is 10.1. The van der Waals surface area contributed by atoms with Gasteiger partial charge in [0.1, 0.15) is 10.6 Å². The Kier molecular flexibility index (Phi) is 8.40. The fourth-order valence-electron chi connectivity index (χ4n) is 5.44. The first kappa shape index (κ1) is 28.5. The van der Waals surface area contributed by atoms with Crippen LogP contribution in [0.2, 0.25) is 5.02 Å². The van der Waals surface area contributed by atoms with Crippen LogP contribution in [0.5, 0.6) is 5.75 Å². The van der Waals surface area contributed by atoms with E-state index >= 15 is 0 Å². The van der Waals surface area contributed by atoms with E-state index < -0.39 is 11.7 Å². The summed E-state index contributed by atoms with van der Waals surface area (Å²) in [4.78, 5) is 16.6. The van der Waals surface area contributed by atoms with E-state index in [0.29, 0.717) is 27.3 Å². The quantitative estimate of drug-likeness (QED) is 0.236. The van der Waals surface area contributed by atoms with Crippen LogP contribution in [-0.2, 0) is 12.7 Å². The number of hydrogen-bond donors (Lipinski definition) is 1. The van der Waals surface area contributed by atoms with E-state index in [1.807, 2.05) is 48.3 Å². The fourth-order valence-corrected chi connectivity index (χ4v) is 6.91. The number of nitrogens with zero attached hydrogens (tertiary/aromatic N) is 1. The van der Waals surface area contributed by atoms with E-state index in [-0.39, 0.29) is 18.5 Å². The number of ether oxygens (including phenoxy) is 1. The molecule has 40 heavy (non-hydrogen) atoms. The Morgan fingerprint density at radius 3 is 2.33 bits per heavy atom. The highest BCUT2D eigenvalue weighted by Crippen LogP contribution is 2.38. The maximum absolute atomic E-state index is 14.2. The Hall–Kier alpha value is -3.07. The van der Waals surface area contributed by atoms with Crippen molar-refractivity contribution in [3.63, 3.8) is 0 Å². The van der Waals surface area contributed by atoms with Crippen molar-refractivity contribution >= 4 is 38.9 Å². The molecule has 0 unspecified atom stereocenters. The van der Waals surface area contributed by atoms with Crippen molar-refractivity contribution in [2.45, 2.75) is 50.5 Å². The number of fused-ring (bicyclic) bond motifs is 1. The third-order valence-corrected chi connectivity index (χ3v) is 9.37. The molecule has 0 spiro atoms. The Balaban J connectivity index is 1.51. The predicted molar refractivity (Wildman–Crippen MR) is 155 cm³/mol. The van der Waals surface area contributed by atoms with E-state index in [1.54, 1.807) is 13.2 Å². The van der Waals surface area contributed by atoms with Crippen molar-refractivity contribution in [2.24, 2.45) is 0 Å². The van der Waals surface area contributed by atoms with Gasteiger partial charge in [-0.15, -0.1) is 11.3 Å². The minimum atomic E-state index is -4.40. The highest BCUT2D eigenvalue weighted by Gasteiger charge is 2.32. The van der Waals surface area contributed by atoms with Gasteiger partial charge in [0.25, 0.3) is 5.91 Å². The topological polar surface area (TPSA) is 41.6 Å². The molecule has 4 nitrogen and oxygen atoms in total. The lowest BCUT2D eigenvalue weighted by molar-refractivity contribution is -0.137. The number of benzene rings is 3. The van der Waals surface area contributed by atoms with Crippen LogP contribution in [0.25, 0.3) is 21.2 Å². The highest BCUT2D eigenvalue weighted by atomic mass is 35.5. The molecule has 5 rings (SSSR count). The minimum absolute atomic E-state index is 0.0119. The van der Waals surface area contributed by atoms with E-state index in [2.05, 4.69) is 5.32 Å². The molecule has 1 fully saturated rings. The molecule has 9 heteroatoms. The predicted octanol–water partition coefficient (Wildman–Crippen LogP) is 8.42. The van der Waals surface area contributed by atoms with E-state index in [0.717, 1.165) is 59.0 Å². The van der Waals surface area contributed by atoms with E-state index in [9.17, 15) is 18.0 Å². The minimum Gasteiger partial charge on any atom is -0.496 e. The summed E-state index contributed by atoms with van der Waals surface area (Å²) in [6, 6.07) is 18.8. The zero-order valence-electron chi connectivity index (χ0n) is 22.2. The molecule has 0 aliphatic heterocycles. The third-order valence-electron chi connectivity index (χ3n) is 7.70. The van der Waals surface area contributed by atoms with Gasteiger partial charge in [-0.1, -0.05) is 48.0 Å². The third kappa shape index (κ3) is 5.85. The normalized spacial score (nSPS) is 17.6. The van der Waals surface area contributed by atoms with E-state index in [4.69, 9.17) is 16.3 Å². The summed E-state index contributed by atoms with van der Waals surface area (Å²) in [6.07, 6.45) is -0.798. The molecule has 0 radical (unpaired) electrons. The molecule has 3 aromatic carbocycles. The molecule has 1 aromatic heterocycles. The number of halogens is 4. The van der Waals surface area contributed by atoms with Gasteiger partial charge >= 0.3 is 6.18 Å². The van der Waals surface area contributed by atoms with Crippen LogP contribution in [-0.4, -0.2) is 37.0 Å². The molecule has 1 saturated carbocycles. The fraction of sp³-hybridized carbons (Fsp3) is 0.323. The average Bonchev–Trinajstić information content (AvgIpc) is 3.31. The molecule has 1 heterocycles. The summed E-state index contributed by atoms with van der Waals surface area (Å²) in [7, 11) is 3.53. The zero-order valence-corrected chi connectivity index (χ0v) is 23.8. The van der Waals surface area contributed by atoms with Crippen LogP contribution in [0.3, 0.4) is 0 Å². The number of hydrogen-bond acceptors (Lipinski definition) is 4. The summed E-state index contributed by atoms with van der Waals surface area (Å²) in [5, 5.41) is 4.67. The molecule has 0 saturated heterocycles. The molecule has 210 valence electrons. The molecule has 0 bridgehead atoms. The number of alkyl halides is 3. The first-order valence-corrected chi connectivity index (χ1v) is 14.4. The molecule has 1 aliphatic rings. The standard InChI is InChI=1S/C31H30ClF3N2O2S/c1-36-23-12-14-24(15-13-23)37(30(38)29-28(32)25-5-3-4-6-27(25)40-29)18-21-17-20(9-16-26(21)39-2)19-7-10-22(11-8-19)31(33,34)35/h3-11,16-17,23-24,36H,12-15,18H2,1-2H3/t23-,24-. The highest BCUT2D eigenvalue weighted by molar-refractivity contribution is 7.21. The van der Waals surface area contributed by atoms with Crippen LogP contribution in [0, 0.1) is 0 Å². The van der Waals surface area contributed by atoms with Crippen LogP contribution < -0.4 is 10.1 Å². The van der Waals surface area contributed by atoms with Crippen molar-refractivity contribution in [3.8, 4) is 16.9 Å². The number of carbonyl (C=O) groups is 1. The van der Waals surface area contributed by atoms with Crippen LogP contribution in [0.4, 0.5) is 13.2 Å². The summed E-state index contributed by atoms with van der Waals surface area (Å²) >= 11 is 8.13. The molecule has 1 amide bonds. The van der Waals surface area contributed by atoms with Gasteiger partial charge in [-0.25, -0.2) is 0 Å². The summed E-state index contributed by atoms with van der Waals surface area (Å²) in [6.45, 7) is 0.288. The molecule has 1 aliphatic carbocycles. The summed E-state index contributed by atoms with van der Waals surface area (Å²) < 4.78 is 45.9. The SMILES string of the molecule is CN[C@H]1CC[C@H](N(Cc2cc(-c3ccc(C(F)(F)F)cc3)ccc2OC)C(=O)c2sc3ccccc3c2Cl)CC1. The second kappa shape index (κ2) is 11.8. The van der Waals surface area contributed by atoms with Crippen molar-refractivity contribution in [2.75, 3.05) is 14.2 Å². The van der Waals surface area contributed by atoms with Gasteiger partial charge in [0.2, 0.25) is 0 Å². The number of amides is 1. The smallest absolute Gasteiger partial charge is 0.416 e. The molecule has 4 aromatic rings. The first-order chi connectivity index (χ1) is 19.2. The van der Waals surface area contributed by atoms with Crippen LogP contribution >= 0.6 is 22.9 Å². The Morgan fingerprint density at radius 1 is 1.02 bits per heavy atom. The Morgan fingerprint density at radius 2 is 1.70 bits per heavy atom. The zero-order chi connectivity index (χ0) is 28.4. The molecule has 1 N–H and O–H groups in total. The van der Waals surface area contributed by atoms with E-state index in [1.165, 1.54) is 23.5 Å². The maximum atomic E-state index is 14.2. The number of methoxy groups -OCH3 is 1. The Bertz CT molecular complexity index is 1490. The average molecular weight is 587 g/mol. The Labute approximate surface area is 240 Å². The lowest BCUT2D eigenvalue weighted by atomic mass is 9.89. The van der Waals surface area contributed by atoms with Gasteiger partial charge in [-0.05, 0) is 74.2 Å². The largest absolute Gasteiger partial charge is 0.496 e. The van der Waals surface area contributed by atoms with Crippen LogP contribution in [0.1, 0.15) is 46.5 Å². The number of nitrogens with one attached hydrogen (secondary N) is 1. The van der Waals surface area contributed by atoms with Gasteiger partial charge in [0.15, 0.2) is 0 Å². The van der Waals surface area contributed by atoms with Crippen molar-refractivity contribution in [1.82, 2.24) is 10.2 Å². The lowest BCUT2D eigenvalue weighted by Gasteiger charge is -2.37. The molecular weight excluding hydrogens is 557 g/mol. The number of carbonyl (C=O) groups excluding carboxylic acids is 1. The second-order valence-corrected chi connectivity index (χ2v) is 11.5. The summed E-state index contributed by atoms with van der Waals surface area (Å²) in [5.41, 5.74) is 1.48. The monoisotopic (exact) mass is 586 g/mol. The van der Waals surface area contributed by atoms with Gasteiger partial charge in [-0.2, -0.15) is 13.2 Å². The van der Waals surface area contributed by atoms with Gasteiger partial charge in [-0.3, -0.25) is 4.79 Å². The van der Waals surface area contributed by atoms with Crippen molar-refractivity contribution < 1.29 is 22.7 Å². The van der Waals surface area contributed by atoms with Gasteiger partial charge in [0.05, 0.1) is 17.7 Å². The summed E-state index contributed by atoms with van der Waals surface area (Å²) in [5.74, 6) is 0.487. The van der Waals surface area contributed by atoms with Crippen LogP contribution in [0.15, 0.2) is 66.7 Å². The molecular formula is C31H30ClF3N2O2S. The van der Waals surface area contributed by atoms with Crippen molar-refractivity contribution in [3.05, 3.63) is 87.8 Å². The van der Waals surface area contributed by atoms with Gasteiger partial charge < -0.3 is 15.0 Å². The maximum Gasteiger partial charge on any atom is 0.416 e.